The molecule has 0 saturated heterocycles. The maximum Gasteiger partial charge on any atom is 0.172 e. The van der Waals surface area contributed by atoms with Crippen LogP contribution in [0.2, 0.25) is 0 Å². The van der Waals surface area contributed by atoms with Gasteiger partial charge in [-0.05, 0) is 19.1 Å². The standard InChI is InChI=1S/C14H14O3/c1-10(15)14(16-2)13-9-8-12(17-13)11-6-4-3-5-7-11/h3-9,14H,1-2H3/t14-/m0/s1. The largest absolute Gasteiger partial charge is 0.458 e. The van der Waals surface area contributed by atoms with E-state index < -0.39 is 6.10 Å². The zero-order chi connectivity index (χ0) is 12.3. The number of carbonyl (C=O) groups is 1. The van der Waals surface area contributed by atoms with Crippen molar-refractivity contribution in [3.05, 3.63) is 48.2 Å². The van der Waals surface area contributed by atoms with E-state index in [1.165, 1.54) is 14.0 Å². The van der Waals surface area contributed by atoms with Gasteiger partial charge in [0.1, 0.15) is 11.5 Å². The number of Topliss-reactive ketones (excluding diaryl/α,β-unsaturated/α-hetero) is 1. The highest BCUT2D eigenvalue weighted by molar-refractivity contribution is 5.81. The van der Waals surface area contributed by atoms with E-state index in [9.17, 15) is 4.79 Å². The zero-order valence-corrected chi connectivity index (χ0v) is 9.84. The van der Waals surface area contributed by atoms with Crippen molar-refractivity contribution >= 4 is 5.78 Å². The summed E-state index contributed by atoms with van der Waals surface area (Å²) in [4.78, 5) is 11.3. The molecule has 17 heavy (non-hydrogen) atoms. The van der Waals surface area contributed by atoms with Crippen molar-refractivity contribution in [1.29, 1.82) is 0 Å². The van der Waals surface area contributed by atoms with Crippen LogP contribution < -0.4 is 0 Å². The third kappa shape index (κ3) is 2.45. The molecule has 0 amide bonds. The van der Waals surface area contributed by atoms with Gasteiger partial charge in [0.05, 0.1) is 0 Å². The van der Waals surface area contributed by atoms with Gasteiger partial charge in [-0.2, -0.15) is 0 Å². The Morgan fingerprint density at radius 3 is 2.47 bits per heavy atom. The van der Waals surface area contributed by atoms with Crippen molar-refractivity contribution in [3.63, 3.8) is 0 Å². The fourth-order valence-electron chi connectivity index (χ4n) is 1.73. The topological polar surface area (TPSA) is 39.4 Å². The Morgan fingerprint density at radius 1 is 1.18 bits per heavy atom. The molecule has 2 aromatic rings. The van der Waals surface area contributed by atoms with E-state index in [2.05, 4.69) is 0 Å². The van der Waals surface area contributed by atoms with E-state index >= 15 is 0 Å². The van der Waals surface area contributed by atoms with Gasteiger partial charge in [-0.1, -0.05) is 30.3 Å². The van der Waals surface area contributed by atoms with Crippen LogP contribution in [0.15, 0.2) is 46.9 Å². The first-order valence-electron chi connectivity index (χ1n) is 5.41. The van der Waals surface area contributed by atoms with Gasteiger partial charge in [0, 0.05) is 12.7 Å². The Balaban J connectivity index is 2.30. The molecule has 3 nitrogen and oxygen atoms in total. The van der Waals surface area contributed by atoms with Gasteiger partial charge in [0.2, 0.25) is 0 Å². The van der Waals surface area contributed by atoms with E-state index in [1.807, 2.05) is 36.4 Å². The van der Waals surface area contributed by atoms with E-state index in [4.69, 9.17) is 9.15 Å². The molecule has 0 bridgehead atoms. The molecular weight excluding hydrogens is 216 g/mol. The normalized spacial score (nSPS) is 12.4. The Kier molecular flexibility index (Phi) is 3.40. The van der Waals surface area contributed by atoms with Gasteiger partial charge in [-0.15, -0.1) is 0 Å². The molecule has 2 rings (SSSR count). The zero-order valence-electron chi connectivity index (χ0n) is 9.84. The lowest BCUT2D eigenvalue weighted by atomic mass is 10.2. The second-order valence-electron chi connectivity index (χ2n) is 3.79. The van der Waals surface area contributed by atoms with E-state index in [0.29, 0.717) is 5.76 Å². The second kappa shape index (κ2) is 4.97. The number of furan rings is 1. The van der Waals surface area contributed by atoms with Gasteiger partial charge in [-0.3, -0.25) is 4.79 Å². The van der Waals surface area contributed by atoms with Gasteiger partial charge in [-0.25, -0.2) is 0 Å². The summed E-state index contributed by atoms with van der Waals surface area (Å²) in [5, 5.41) is 0. The number of hydrogen-bond donors (Lipinski definition) is 0. The summed E-state index contributed by atoms with van der Waals surface area (Å²) in [6.45, 7) is 1.48. The minimum absolute atomic E-state index is 0.0681. The lowest BCUT2D eigenvalue weighted by Crippen LogP contribution is -2.09. The summed E-state index contributed by atoms with van der Waals surface area (Å²) >= 11 is 0. The highest BCUT2D eigenvalue weighted by atomic mass is 16.5. The summed E-state index contributed by atoms with van der Waals surface area (Å²) in [5.41, 5.74) is 0.983. The molecule has 1 aromatic heterocycles. The molecule has 0 fully saturated rings. The second-order valence-corrected chi connectivity index (χ2v) is 3.79. The molecule has 3 heteroatoms. The predicted molar refractivity (Wildman–Crippen MR) is 64.6 cm³/mol. The highest BCUT2D eigenvalue weighted by Gasteiger charge is 2.19. The molecule has 0 unspecified atom stereocenters. The number of methoxy groups -OCH3 is 1. The SMILES string of the molecule is CO[C@@H](C(C)=O)c1ccc(-c2ccccc2)o1. The quantitative estimate of drug-likeness (QED) is 0.809. The molecule has 0 aliphatic rings. The van der Waals surface area contributed by atoms with Crippen molar-refractivity contribution in [2.75, 3.05) is 7.11 Å². The fourth-order valence-corrected chi connectivity index (χ4v) is 1.73. The number of ketones is 1. The first-order chi connectivity index (χ1) is 8.22. The Hall–Kier alpha value is -1.87. The van der Waals surface area contributed by atoms with Gasteiger partial charge >= 0.3 is 0 Å². The number of benzene rings is 1. The summed E-state index contributed by atoms with van der Waals surface area (Å²) in [5.74, 6) is 1.21. The molecule has 0 radical (unpaired) electrons. The van der Waals surface area contributed by atoms with Crippen LogP contribution in [0.25, 0.3) is 11.3 Å². The molecule has 0 aliphatic heterocycles. The van der Waals surface area contributed by atoms with Crippen molar-refractivity contribution < 1.29 is 13.9 Å². The van der Waals surface area contributed by atoms with Crippen LogP contribution in [-0.2, 0) is 9.53 Å². The van der Waals surface area contributed by atoms with E-state index in [1.54, 1.807) is 6.07 Å². The minimum atomic E-state index is -0.618. The number of rotatable bonds is 4. The highest BCUT2D eigenvalue weighted by Crippen LogP contribution is 2.26. The van der Waals surface area contributed by atoms with Crippen LogP contribution in [-0.4, -0.2) is 12.9 Å². The van der Waals surface area contributed by atoms with Crippen LogP contribution in [0.5, 0.6) is 0 Å². The smallest absolute Gasteiger partial charge is 0.172 e. The summed E-state index contributed by atoms with van der Waals surface area (Å²) < 4.78 is 10.7. The molecule has 88 valence electrons. The monoisotopic (exact) mass is 230 g/mol. The fraction of sp³-hybridized carbons (Fsp3) is 0.214. The Labute approximate surface area is 100 Å². The average Bonchev–Trinajstić information content (AvgIpc) is 2.80. The minimum Gasteiger partial charge on any atom is -0.458 e. The van der Waals surface area contributed by atoms with Crippen LogP contribution in [0.4, 0.5) is 0 Å². The van der Waals surface area contributed by atoms with Crippen LogP contribution in [0, 0.1) is 0 Å². The van der Waals surface area contributed by atoms with Crippen molar-refractivity contribution in [3.8, 4) is 11.3 Å². The summed E-state index contributed by atoms with van der Waals surface area (Å²) in [6, 6.07) is 13.4. The molecule has 0 aliphatic carbocycles. The number of hydrogen-bond acceptors (Lipinski definition) is 3. The third-order valence-electron chi connectivity index (χ3n) is 2.55. The van der Waals surface area contributed by atoms with Crippen LogP contribution in [0.3, 0.4) is 0 Å². The lowest BCUT2D eigenvalue weighted by Gasteiger charge is -2.08. The molecule has 1 aromatic carbocycles. The molecular formula is C14H14O3. The Bertz CT molecular complexity index is 499. The maximum atomic E-state index is 11.3. The maximum absolute atomic E-state index is 11.3. The average molecular weight is 230 g/mol. The molecule has 0 N–H and O–H groups in total. The number of ether oxygens (including phenoxy) is 1. The summed E-state index contributed by atoms with van der Waals surface area (Å²) in [6.07, 6.45) is -0.618. The van der Waals surface area contributed by atoms with Crippen molar-refractivity contribution in [1.82, 2.24) is 0 Å². The van der Waals surface area contributed by atoms with E-state index in [-0.39, 0.29) is 5.78 Å². The predicted octanol–water partition coefficient (Wildman–Crippen LogP) is 3.22. The molecule has 0 saturated carbocycles. The van der Waals surface area contributed by atoms with Gasteiger partial charge in [0.15, 0.2) is 11.9 Å². The molecule has 1 atom stereocenters. The van der Waals surface area contributed by atoms with Gasteiger partial charge < -0.3 is 9.15 Å². The Morgan fingerprint density at radius 2 is 1.88 bits per heavy atom. The lowest BCUT2D eigenvalue weighted by molar-refractivity contribution is -0.127. The molecule has 0 spiro atoms. The molecule has 1 heterocycles. The van der Waals surface area contributed by atoms with Gasteiger partial charge in [0.25, 0.3) is 0 Å². The first kappa shape index (κ1) is 11.6. The number of carbonyl (C=O) groups excluding carboxylic acids is 1. The van der Waals surface area contributed by atoms with Crippen LogP contribution >= 0.6 is 0 Å². The van der Waals surface area contributed by atoms with Crippen LogP contribution in [0.1, 0.15) is 18.8 Å². The van der Waals surface area contributed by atoms with Crippen molar-refractivity contribution in [2.45, 2.75) is 13.0 Å². The summed E-state index contributed by atoms with van der Waals surface area (Å²) in [7, 11) is 1.50. The van der Waals surface area contributed by atoms with E-state index in [0.717, 1.165) is 11.3 Å². The third-order valence-corrected chi connectivity index (χ3v) is 2.55. The van der Waals surface area contributed by atoms with Crippen molar-refractivity contribution in [2.24, 2.45) is 0 Å². The first-order valence-corrected chi connectivity index (χ1v) is 5.41.